The highest BCUT2D eigenvalue weighted by Gasteiger charge is 2.62. The maximum absolute atomic E-state index is 15.5. The van der Waals surface area contributed by atoms with Gasteiger partial charge in [0.15, 0.2) is 5.70 Å². The molecule has 3 aromatic rings. The van der Waals surface area contributed by atoms with Gasteiger partial charge in [-0.3, -0.25) is 4.79 Å². The van der Waals surface area contributed by atoms with E-state index in [0.717, 1.165) is 23.1 Å². The van der Waals surface area contributed by atoms with Crippen LogP contribution in [0.2, 0.25) is 0 Å². The molecule has 2 atom stereocenters. The van der Waals surface area contributed by atoms with E-state index in [-0.39, 0.29) is 30.0 Å². The minimum atomic E-state index is -4.96. The summed E-state index contributed by atoms with van der Waals surface area (Å²) in [6, 6.07) is 15.1. The summed E-state index contributed by atoms with van der Waals surface area (Å²) >= 11 is 0. The number of nitrogens with zero attached hydrogens (tertiary/aromatic N) is 2. The van der Waals surface area contributed by atoms with Crippen LogP contribution in [0.4, 0.5) is 26.7 Å². The number of fused-ring (bicyclic) bond motifs is 1. The predicted octanol–water partition coefficient (Wildman–Crippen LogP) is 5.57. The van der Waals surface area contributed by atoms with Crippen molar-refractivity contribution < 1.29 is 40.8 Å². The summed E-state index contributed by atoms with van der Waals surface area (Å²) in [4.78, 5) is 30.1. The lowest BCUT2D eigenvalue weighted by Gasteiger charge is -2.44. The summed E-state index contributed by atoms with van der Waals surface area (Å²) in [5.74, 6) is -2.53. The van der Waals surface area contributed by atoms with Gasteiger partial charge in [0, 0.05) is 11.6 Å². The number of quaternary nitrogens is 1. The Morgan fingerprint density at radius 2 is 1.58 bits per heavy atom. The first kappa shape index (κ1) is 31.0. The summed E-state index contributed by atoms with van der Waals surface area (Å²) < 4.78 is 79.0. The zero-order valence-corrected chi connectivity index (χ0v) is 24.2. The lowest BCUT2D eigenvalue weighted by atomic mass is 9.82. The predicted molar refractivity (Wildman–Crippen MR) is 154 cm³/mol. The van der Waals surface area contributed by atoms with Gasteiger partial charge in [0.25, 0.3) is 5.91 Å². The summed E-state index contributed by atoms with van der Waals surface area (Å²) in [7, 11) is 0. The molecule has 3 amide bonds. The first-order valence-electron chi connectivity index (χ1n) is 14.7. The Bertz CT molecular complexity index is 1660. The summed E-state index contributed by atoms with van der Waals surface area (Å²) in [6.07, 6.45) is -4.24. The molecule has 3 aliphatic heterocycles. The molecule has 0 aromatic heterocycles. The number of urea groups is 1. The van der Waals surface area contributed by atoms with Crippen molar-refractivity contribution in [3.05, 3.63) is 118 Å². The number of alkyl halides is 3. The molecule has 1 unspecified atom stereocenters. The second-order valence-electron chi connectivity index (χ2n) is 11.7. The van der Waals surface area contributed by atoms with E-state index in [2.05, 4.69) is 5.32 Å². The number of halogens is 5. The van der Waals surface area contributed by atoms with Gasteiger partial charge in [-0.15, -0.1) is 0 Å². The first-order valence-corrected chi connectivity index (χ1v) is 14.7. The Balaban J connectivity index is 1.59. The van der Waals surface area contributed by atoms with E-state index in [1.807, 2.05) is 0 Å². The van der Waals surface area contributed by atoms with Crippen LogP contribution in [0.15, 0.2) is 84.1 Å². The average Bonchev–Trinajstić information content (AvgIpc) is 3.39. The number of ether oxygens (including phenoxy) is 1. The zero-order valence-electron chi connectivity index (χ0n) is 24.2. The van der Waals surface area contributed by atoms with E-state index in [0.29, 0.717) is 31.5 Å². The standard InChI is InChI=1S/C33H32F5N4O3/c34-25-11-5-4-9-22(25)18-42(19-23-24(33(36,37)38)10-6-12-26(23)35)28-20-45-32(13-15-40-16-14-32)29(28)30(43)41(31(42)44)17-27(39)21-7-2-1-3-8-21/h1-12,27,40H,13-20,39H2/q+1/t27?,42-/m1/s1. The SMILES string of the molecule is NC(CN1C(=O)C2=C(COC23CCNCC3)[N@@+](Cc2ccccc2F)(Cc2c(F)cccc2C(F)(F)F)C1=O)c1ccccc1. The maximum Gasteiger partial charge on any atom is 0.431 e. The van der Waals surface area contributed by atoms with Gasteiger partial charge in [-0.1, -0.05) is 54.6 Å². The quantitative estimate of drug-likeness (QED) is 0.265. The second-order valence-corrected chi connectivity index (χ2v) is 11.7. The van der Waals surface area contributed by atoms with E-state index in [1.54, 1.807) is 30.3 Å². The van der Waals surface area contributed by atoms with Gasteiger partial charge in [-0.25, -0.2) is 23.0 Å². The van der Waals surface area contributed by atoms with Gasteiger partial charge in [-0.2, -0.15) is 13.2 Å². The number of benzene rings is 3. The zero-order chi connectivity index (χ0) is 32.0. The van der Waals surface area contributed by atoms with Crippen molar-refractivity contribution in [2.75, 3.05) is 26.2 Å². The lowest BCUT2D eigenvalue weighted by molar-refractivity contribution is -0.845. The van der Waals surface area contributed by atoms with Crippen LogP contribution >= 0.6 is 0 Å². The highest BCUT2D eigenvalue weighted by Crippen LogP contribution is 2.49. The average molecular weight is 628 g/mol. The third-order valence-corrected chi connectivity index (χ3v) is 9.07. The molecule has 0 saturated carbocycles. The Morgan fingerprint density at radius 1 is 0.911 bits per heavy atom. The lowest BCUT2D eigenvalue weighted by Crippen LogP contribution is -2.64. The van der Waals surface area contributed by atoms with Crippen molar-refractivity contribution in [3.63, 3.8) is 0 Å². The molecule has 3 aromatic carbocycles. The second kappa shape index (κ2) is 11.8. The van der Waals surface area contributed by atoms with Gasteiger partial charge in [0.1, 0.15) is 42.5 Å². The molecule has 0 aliphatic carbocycles. The summed E-state index contributed by atoms with van der Waals surface area (Å²) in [5, 5.41) is 3.22. The van der Waals surface area contributed by atoms with Crippen LogP contribution in [-0.2, 0) is 28.8 Å². The molecule has 3 aliphatic rings. The van der Waals surface area contributed by atoms with Crippen LogP contribution < -0.4 is 11.1 Å². The maximum atomic E-state index is 15.5. The summed E-state index contributed by atoms with van der Waals surface area (Å²) in [6.45, 7) is -0.933. The largest absolute Gasteiger partial charge is 0.431 e. The topological polar surface area (TPSA) is 84.7 Å². The molecule has 7 nitrogen and oxygen atoms in total. The Kier molecular flexibility index (Phi) is 8.10. The van der Waals surface area contributed by atoms with Gasteiger partial charge >= 0.3 is 12.2 Å². The fraction of sp³-hybridized carbons (Fsp3) is 0.333. The normalized spacial score (nSPS) is 22.2. The van der Waals surface area contributed by atoms with Gasteiger partial charge in [-0.05, 0) is 49.7 Å². The smallest absolute Gasteiger partial charge is 0.359 e. The van der Waals surface area contributed by atoms with Crippen molar-refractivity contribution in [2.45, 2.75) is 43.8 Å². The van der Waals surface area contributed by atoms with Gasteiger partial charge in [0.2, 0.25) is 0 Å². The monoisotopic (exact) mass is 627 g/mol. The van der Waals surface area contributed by atoms with Crippen molar-refractivity contribution in [1.29, 1.82) is 0 Å². The van der Waals surface area contributed by atoms with Gasteiger partial charge in [0.05, 0.1) is 17.7 Å². The molecule has 1 saturated heterocycles. The third-order valence-electron chi connectivity index (χ3n) is 9.07. The fourth-order valence-corrected chi connectivity index (χ4v) is 6.78. The van der Waals surface area contributed by atoms with Crippen LogP contribution in [0.25, 0.3) is 0 Å². The number of imide groups is 1. The molecule has 0 radical (unpaired) electrons. The first-order chi connectivity index (χ1) is 21.5. The van der Waals surface area contributed by atoms with E-state index in [9.17, 15) is 22.8 Å². The summed E-state index contributed by atoms with van der Waals surface area (Å²) in [5.41, 5.74) is 4.22. The molecule has 1 spiro atoms. The number of carbonyl (C=O) groups excluding carboxylic acids is 2. The van der Waals surface area contributed by atoms with Crippen LogP contribution in [0.1, 0.15) is 41.1 Å². The molecule has 45 heavy (non-hydrogen) atoms. The Hall–Kier alpha value is -3.97. The van der Waals surface area contributed by atoms with Crippen molar-refractivity contribution in [3.8, 4) is 0 Å². The minimum absolute atomic E-state index is 0.00974. The van der Waals surface area contributed by atoms with E-state index in [1.165, 1.54) is 24.3 Å². The Labute approximate surface area is 256 Å². The molecular formula is C33H32F5N4O3+. The van der Waals surface area contributed by atoms with Crippen LogP contribution in [0.5, 0.6) is 0 Å². The van der Waals surface area contributed by atoms with E-state index in [4.69, 9.17) is 10.5 Å². The third kappa shape index (κ3) is 5.45. The molecule has 236 valence electrons. The highest BCUT2D eigenvalue weighted by atomic mass is 19.4. The Morgan fingerprint density at radius 3 is 2.27 bits per heavy atom. The van der Waals surface area contributed by atoms with Crippen LogP contribution in [-0.4, -0.2) is 53.2 Å². The number of nitrogens with one attached hydrogen (secondary N) is 1. The number of carbonyl (C=O) groups is 2. The van der Waals surface area contributed by atoms with Crippen LogP contribution in [0.3, 0.4) is 0 Å². The highest BCUT2D eigenvalue weighted by molar-refractivity contribution is 6.06. The molecule has 6 rings (SSSR count). The number of piperidine rings is 1. The van der Waals surface area contributed by atoms with Crippen molar-refractivity contribution >= 4 is 11.9 Å². The number of hydrogen-bond acceptors (Lipinski definition) is 5. The molecule has 1 fully saturated rings. The van der Waals surface area contributed by atoms with Crippen molar-refractivity contribution in [1.82, 2.24) is 10.2 Å². The molecule has 3 N–H and O–H groups in total. The molecular weight excluding hydrogens is 595 g/mol. The molecule has 12 heteroatoms. The number of nitrogens with two attached hydrogens (primary N) is 1. The van der Waals surface area contributed by atoms with Crippen LogP contribution in [0, 0.1) is 11.6 Å². The number of rotatable bonds is 7. The molecule has 3 heterocycles. The van der Waals surface area contributed by atoms with E-state index < -0.39 is 70.1 Å². The van der Waals surface area contributed by atoms with Gasteiger partial charge < -0.3 is 15.8 Å². The van der Waals surface area contributed by atoms with Crippen molar-refractivity contribution in [2.24, 2.45) is 5.73 Å². The number of amides is 3. The van der Waals surface area contributed by atoms with E-state index >= 15 is 8.78 Å². The fourth-order valence-electron chi connectivity index (χ4n) is 6.78. The minimum Gasteiger partial charge on any atom is -0.359 e. The number of hydrogen-bond donors (Lipinski definition) is 2. The molecule has 0 bridgehead atoms.